The van der Waals surface area contributed by atoms with Crippen molar-refractivity contribution in [1.82, 2.24) is 0 Å². The smallest absolute Gasteiger partial charge is 0.138 e. The summed E-state index contributed by atoms with van der Waals surface area (Å²) < 4.78 is 10.7. The second-order valence-electron chi connectivity index (χ2n) is 5.37. The largest absolute Gasteiger partial charge is 0.365 e. The highest BCUT2D eigenvalue weighted by atomic mass is 16.5. The van der Waals surface area contributed by atoms with E-state index in [4.69, 9.17) is 25.9 Å². The molecule has 2 aromatic carbocycles. The van der Waals surface area contributed by atoms with Crippen molar-refractivity contribution in [2.24, 2.45) is 21.5 Å². The van der Waals surface area contributed by atoms with Crippen molar-refractivity contribution in [3.63, 3.8) is 0 Å². The van der Waals surface area contributed by atoms with Crippen LogP contribution in [-0.2, 0) is 9.47 Å². The number of hydrogen-bond acceptors (Lipinski definition) is 6. The first-order chi connectivity index (χ1) is 12.9. The molecule has 6 heteroatoms. The molecule has 138 valence electrons. The first-order valence-electron chi connectivity index (χ1n) is 8.62. The fourth-order valence-electron chi connectivity index (χ4n) is 2.36. The van der Waals surface area contributed by atoms with Gasteiger partial charge in [-0.25, -0.2) is 0 Å². The van der Waals surface area contributed by atoms with Crippen LogP contribution in [0.15, 0.2) is 70.6 Å². The lowest BCUT2D eigenvalue weighted by Crippen LogP contribution is -2.20. The molecule has 0 spiro atoms. The molecule has 0 saturated heterocycles. The second-order valence-corrected chi connectivity index (χ2v) is 5.37. The molecule has 0 aromatic heterocycles. The Morgan fingerprint density at radius 2 is 1.31 bits per heavy atom. The lowest BCUT2D eigenvalue weighted by Gasteiger charge is -2.12. The third-order valence-electron chi connectivity index (χ3n) is 3.52. The van der Waals surface area contributed by atoms with E-state index in [2.05, 4.69) is 4.99 Å². The molecule has 0 amide bonds. The molecule has 6 nitrogen and oxygen atoms in total. The van der Waals surface area contributed by atoms with Crippen LogP contribution in [0.5, 0.6) is 0 Å². The molecule has 2 aromatic rings. The Labute approximate surface area is 154 Å². The van der Waals surface area contributed by atoms with Crippen LogP contribution in [0, 0.1) is 0 Å². The monoisotopic (exact) mass is 354 g/mol. The lowest BCUT2D eigenvalue weighted by molar-refractivity contribution is 0.149. The summed E-state index contributed by atoms with van der Waals surface area (Å²) in [6.45, 7) is 2.30. The molecular formula is C20H26N4O2. The van der Waals surface area contributed by atoms with Crippen LogP contribution in [0.4, 0.5) is 0 Å². The number of rotatable bonds is 11. The zero-order chi connectivity index (χ0) is 18.5. The number of hydrogen-bond donors (Lipinski definition) is 2. The Morgan fingerprint density at radius 1 is 0.731 bits per heavy atom. The molecule has 0 fully saturated rings. The third-order valence-corrected chi connectivity index (χ3v) is 3.52. The highest BCUT2D eigenvalue weighted by Gasteiger charge is 2.14. The Morgan fingerprint density at radius 3 is 1.85 bits per heavy atom. The summed E-state index contributed by atoms with van der Waals surface area (Å²) in [5.74, 6) is 0. The van der Waals surface area contributed by atoms with Gasteiger partial charge in [-0.05, 0) is 0 Å². The van der Waals surface area contributed by atoms with Gasteiger partial charge in [-0.1, -0.05) is 60.7 Å². The van der Waals surface area contributed by atoms with E-state index in [0.717, 1.165) is 22.6 Å². The molecular weight excluding hydrogens is 328 g/mol. The van der Waals surface area contributed by atoms with Crippen molar-refractivity contribution >= 4 is 11.4 Å². The van der Waals surface area contributed by atoms with Crippen molar-refractivity contribution in [3.05, 3.63) is 71.8 Å². The van der Waals surface area contributed by atoms with Gasteiger partial charge in [-0.15, -0.1) is 0 Å². The van der Waals surface area contributed by atoms with Crippen molar-refractivity contribution < 1.29 is 9.47 Å². The van der Waals surface area contributed by atoms with Gasteiger partial charge in [0.05, 0.1) is 37.9 Å². The lowest BCUT2D eigenvalue weighted by atomic mass is 9.99. The Bertz CT molecular complexity index is 626. The molecule has 4 N–H and O–H groups in total. The van der Waals surface area contributed by atoms with E-state index in [-0.39, 0.29) is 13.5 Å². The number of benzene rings is 2. The number of aliphatic imine (C=N–C) groups is 2. The zero-order valence-corrected chi connectivity index (χ0v) is 14.9. The topological polar surface area (TPSA) is 95.2 Å². The predicted molar refractivity (Wildman–Crippen MR) is 106 cm³/mol. The summed E-state index contributed by atoms with van der Waals surface area (Å²) in [5.41, 5.74) is 14.4. The van der Waals surface area contributed by atoms with E-state index < -0.39 is 0 Å². The van der Waals surface area contributed by atoms with Gasteiger partial charge in [-0.2, -0.15) is 0 Å². The van der Waals surface area contributed by atoms with Crippen molar-refractivity contribution in [3.8, 4) is 0 Å². The van der Waals surface area contributed by atoms with Crippen LogP contribution in [0.1, 0.15) is 11.1 Å². The fourth-order valence-corrected chi connectivity index (χ4v) is 2.36. The van der Waals surface area contributed by atoms with Crippen LogP contribution in [0.3, 0.4) is 0 Å². The van der Waals surface area contributed by atoms with Gasteiger partial charge < -0.3 is 20.9 Å². The summed E-state index contributed by atoms with van der Waals surface area (Å²) in [6, 6.07) is 19.9. The van der Waals surface area contributed by atoms with E-state index in [1.165, 1.54) is 0 Å². The average molecular weight is 354 g/mol. The molecule has 0 aliphatic rings. The van der Waals surface area contributed by atoms with Crippen molar-refractivity contribution in [2.75, 3.05) is 39.8 Å². The van der Waals surface area contributed by atoms with E-state index in [1.54, 1.807) is 0 Å². The van der Waals surface area contributed by atoms with Gasteiger partial charge in [0, 0.05) is 17.7 Å². The highest BCUT2D eigenvalue weighted by Crippen LogP contribution is 2.11. The van der Waals surface area contributed by atoms with Gasteiger partial charge in [-0.3, -0.25) is 9.98 Å². The standard InChI is InChI=1S/C20H26N4O2/c21-11-13-26-16-24-20(18-9-5-2-6-10-18)19(23-12-14-25-15-22)17-7-3-1-4-8-17/h1-10H,11-16,21-22H2/b23-19+,24-20+. The molecule has 0 radical (unpaired) electrons. The first-order valence-corrected chi connectivity index (χ1v) is 8.62. The summed E-state index contributed by atoms with van der Waals surface area (Å²) in [4.78, 5) is 9.38. The average Bonchev–Trinajstić information content (AvgIpc) is 2.70. The molecule has 2 rings (SSSR count). The summed E-state index contributed by atoms with van der Waals surface area (Å²) in [7, 11) is 0. The van der Waals surface area contributed by atoms with Crippen LogP contribution < -0.4 is 11.5 Å². The van der Waals surface area contributed by atoms with Gasteiger partial charge in [0.15, 0.2) is 0 Å². The fraction of sp³-hybridized carbons (Fsp3) is 0.300. The van der Waals surface area contributed by atoms with Gasteiger partial charge in [0.1, 0.15) is 6.73 Å². The summed E-state index contributed by atoms with van der Waals surface area (Å²) in [6.07, 6.45) is 0. The molecule has 0 aliphatic heterocycles. The minimum atomic E-state index is 0.183. The van der Waals surface area contributed by atoms with E-state index in [9.17, 15) is 0 Å². The highest BCUT2D eigenvalue weighted by molar-refractivity contribution is 6.53. The van der Waals surface area contributed by atoms with Crippen LogP contribution in [0.2, 0.25) is 0 Å². The predicted octanol–water partition coefficient (Wildman–Crippen LogP) is 1.83. The Kier molecular flexibility index (Phi) is 9.24. The number of ether oxygens (including phenoxy) is 2. The zero-order valence-electron chi connectivity index (χ0n) is 14.9. The molecule has 0 heterocycles. The van der Waals surface area contributed by atoms with Gasteiger partial charge in [0.25, 0.3) is 0 Å². The maximum absolute atomic E-state index is 5.48. The van der Waals surface area contributed by atoms with Gasteiger partial charge >= 0.3 is 0 Å². The SMILES string of the molecule is NCCOC/N=C(/C(=N/CCOCN)c1ccccc1)c1ccccc1. The normalized spacial score (nSPS) is 12.4. The quantitative estimate of drug-likeness (QED) is 0.366. The minimum Gasteiger partial charge on any atom is -0.365 e. The molecule has 26 heavy (non-hydrogen) atoms. The third kappa shape index (κ3) is 6.50. The molecule has 0 unspecified atom stereocenters. The minimum absolute atomic E-state index is 0.183. The van der Waals surface area contributed by atoms with Crippen LogP contribution in [0.25, 0.3) is 0 Å². The maximum atomic E-state index is 5.48. The number of nitrogens with zero attached hydrogens (tertiary/aromatic N) is 2. The maximum Gasteiger partial charge on any atom is 0.138 e. The van der Waals surface area contributed by atoms with E-state index in [1.807, 2.05) is 60.7 Å². The van der Waals surface area contributed by atoms with Crippen molar-refractivity contribution in [2.45, 2.75) is 0 Å². The van der Waals surface area contributed by atoms with Gasteiger partial charge in [0.2, 0.25) is 0 Å². The molecule has 0 aliphatic carbocycles. The Hall–Kier alpha value is -2.38. The second kappa shape index (κ2) is 12.1. The summed E-state index contributed by atoms with van der Waals surface area (Å²) >= 11 is 0. The number of nitrogens with two attached hydrogens (primary N) is 2. The van der Waals surface area contributed by atoms with Crippen LogP contribution in [-0.4, -0.2) is 51.2 Å². The molecule has 0 atom stereocenters. The van der Waals surface area contributed by atoms with E-state index >= 15 is 0 Å². The molecule has 0 bridgehead atoms. The Balaban J connectivity index is 2.36. The molecule has 0 saturated carbocycles. The van der Waals surface area contributed by atoms with E-state index in [0.29, 0.717) is 26.3 Å². The summed E-state index contributed by atoms with van der Waals surface area (Å²) in [5, 5.41) is 0. The van der Waals surface area contributed by atoms with Crippen LogP contribution >= 0.6 is 0 Å². The van der Waals surface area contributed by atoms with Crippen molar-refractivity contribution in [1.29, 1.82) is 0 Å². The first kappa shape index (κ1) is 19.9.